The van der Waals surface area contributed by atoms with Crippen molar-refractivity contribution in [1.29, 1.82) is 0 Å². The molecule has 1 aromatic heterocycles. The zero-order chi connectivity index (χ0) is 10.4. The van der Waals surface area contributed by atoms with E-state index in [4.69, 9.17) is 9.16 Å². The number of hydrogen-bond acceptors (Lipinski definition) is 3. The predicted molar refractivity (Wildman–Crippen MR) is 57.5 cm³/mol. The Morgan fingerprint density at radius 2 is 2.14 bits per heavy atom. The van der Waals surface area contributed by atoms with E-state index in [1.807, 2.05) is 0 Å². The smallest absolute Gasteiger partial charge is 0.183 e. The van der Waals surface area contributed by atoms with Crippen molar-refractivity contribution in [3.05, 3.63) is 18.2 Å². The van der Waals surface area contributed by atoms with Crippen LogP contribution >= 0.6 is 0 Å². The van der Waals surface area contributed by atoms with E-state index in [1.54, 1.807) is 12.4 Å². The molecule has 0 saturated carbocycles. The van der Waals surface area contributed by atoms with Crippen LogP contribution in [0.5, 0.6) is 0 Å². The second kappa shape index (κ2) is 5.28. The molecule has 0 fully saturated rings. The van der Waals surface area contributed by atoms with Gasteiger partial charge in [0.05, 0.1) is 13.2 Å². The highest BCUT2D eigenvalue weighted by Gasteiger charge is 2.13. The summed E-state index contributed by atoms with van der Waals surface area (Å²) >= 11 is 0. The van der Waals surface area contributed by atoms with Crippen LogP contribution in [0.25, 0.3) is 0 Å². The molecule has 0 aromatic carbocycles. The van der Waals surface area contributed by atoms with E-state index in [9.17, 15) is 0 Å². The van der Waals surface area contributed by atoms with Crippen molar-refractivity contribution in [3.8, 4) is 0 Å². The van der Waals surface area contributed by atoms with E-state index in [2.05, 4.69) is 29.6 Å². The summed E-state index contributed by atoms with van der Waals surface area (Å²) in [5, 5.41) is 0. The fourth-order valence-corrected chi connectivity index (χ4v) is 1.65. The summed E-state index contributed by atoms with van der Waals surface area (Å²) in [6.07, 6.45) is 3.51. The third-order valence-electron chi connectivity index (χ3n) is 1.56. The lowest BCUT2D eigenvalue weighted by Gasteiger charge is -2.16. The Morgan fingerprint density at radius 1 is 1.36 bits per heavy atom. The molecular weight excluding hydrogens is 196 g/mol. The lowest BCUT2D eigenvalue weighted by atomic mass is 10.6. The van der Waals surface area contributed by atoms with Crippen molar-refractivity contribution in [2.75, 3.05) is 13.2 Å². The van der Waals surface area contributed by atoms with Crippen LogP contribution in [0.1, 0.15) is 5.82 Å². The summed E-state index contributed by atoms with van der Waals surface area (Å²) < 4.78 is 11.0. The first-order valence-corrected chi connectivity index (χ1v) is 8.19. The number of hydrogen-bond donors (Lipinski definition) is 1. The molecule has 0 aliphatic rings. The minimum atomic E-state index is -1.38. The number of rotatable bonds is 6. The van der Waals surface area contributed by atoms with Gasteiger partial charge in [-0.25, -0.2) is 4.98 Å². The fraction of sp³-hybridized carbons (Fsp3) is 0.667. The Balaban J connectivity index is 2.00. The molecule has 0 radical (unpaired) electrons. The van der Waals surface area contributed by atoms with Gasteiger partial charge in [-0.1, -0.05) is 0 Å². The molecule has 0 saturated heterocycles. The molecule has 1 aromatic rings. The van der Waals surface area contributed by atoms with E-state index in [-0.39, 0.29) is 0 Å². The topological polar surface area (TPSA) is 47.1 Å². The Morgan fingerprint density at radius 3 is 2.71 bits per heavy atom. The number of aromatic nitrogens is 2. The number of nitrogens with one attached hydrogen (secondary N) is 1. The largest absolute Gasteiger partial charge is 0.415 e. The number of H-pyrrole nitrogens is 1. The number of nitrogens with zero attached hydrogens (tertiary/aromatic N) is 1. The Kier molecular flexibility index (Phi) is 4.31. The van der Waals surface area contributed by atoms with Crippen LogP contribution < -0.4 is 0 Å². The molecule has 0 amide bonds. The minimum absolute atomic E-state index is 0.530. The van der Waals surface area contributed by atoms with Crippen molar-refractivity contribution in [2.45, 2.75) is 26.2 Å². The third-order valence-corrected chi connectivity index (χ3v) is 2.63. The molecule has 0 bridgehead atoms. The van der Waals surface area contributed by atoms with Crippen LogP contribution in [0.4, 0.5) is 0 Å². The predicted octanol–water partition coefficient (Wildman–Crippen LogP) is 1.78. The average molecular weight is 214 g/mol. The monoisotopic (exact) mass is 214 g/mol. The Hall–Kier alpha value is -0.653. The van der Waals surface area contributed by atoms with Gasteiger partial charge in [0.25, 0.3) is 0 Å². The van der Waals surface area contributed by atoms with Crippen molar-refractivity contribution in [2.24, 2.45) is 0 Å². The second-order valence-electron chi connectivity index (χ2n) is 4.05. The normalized spacial score (nSPS) is 11.9. The summed E-state index contributed by atoms with van der Waals surface area (Å²) in [7, 11) is -1.38. The van der Waals surface area contributed by atoms with Crippen LogP contribution in [0.3, 0.4) is 0 Å². The quantitative estimate of drug-likeness (QED) is 0.580. The zero-order valence-electron chi connectivity index (χ0n) is 9.04. The maximum Gasteiger partial charge on any atom is 0.183 e. The van der Waals surface area contributed by atoms with Gasteiger partial charge in [-0.15, -0.1) is 0 Å². The van der Waals surface area contributed by atoms with Crippen LogP contribution in [0.2, 0.25) is 19.6 Å². The molecule has 0 aliphatic carbocycles. The van der Waals surface area contributed by atoms with Crippen molar-refractivity contribution in [3.63, 3.8) is 0 Å². The van der Waals surface area contributed by atoms with Crippen molar-refractivity contribution < 1.29 is 9.16 Å². The summed E-state index contributed by atoms with van der Waals surface area (Å²) in [6, 6.07) is 0. The van der Waals surface area contributed by atoms with Gasteiger partial charge in [0.15, 0.2) is 8.32 Å². The Bertz CT molecular complexity index is 244. The SMILES string of the molecule is C[Si](C)(C)OCCOCc1ncc[nH]1. The van der Waals surface area contributed by atoms with Crippen LogP contribution in [0.15, 0.2) is 12.4 Å². The first-order chi connectivity index (χ1) is 6.58. The third kappa shape index (κ3) is 5.16. The molecule has 14 heavy (non-hydrogen) atoms. The summed E-state index contributed by atoms with van der Waals surface area (Å²) in [6.45, 7) is 8.34. The average Bonchev–Trinajstić information content (AvgIpc) is 2.54. The van der Waals surface area contributed by atoms with Crippen molar-refractivity contribution in [1.82, 2.24) is 9.97 Å². The van der Waals surface area contributed by atoms with E-state index in [1.165, 1.54) is 0 Å². The molecule has 1 rings (SSSR count). The highest BCUT2D eigenvalue weighted by Crippen LogP contribution is 2.01. The van der Waals surface area contributed by atoms with Crippen LogP contribution in [-0.4, -0.2) is 31.5 Å². The molecule has 1 heterocycles. The Labute approximate surface area is 85.8 Å². The highest BCUT2D eigenvalue weighted by atomic mass is 28.4. The molecule has 0 atom stereocenters. The van der Waals surface area contributed by atoms with E-state index >= 15 is 0 Å². The molecule has 0 aliphatic heterocycles. The summed E-state index contributed by atoms with van der Waals surface area (Å²) in [4.78, 5) is 7.03. The van der Waals surface area contributed by atoms with Crippen molar-refractivity contribution >= 4 is 8.32 Å². The first-order valence-electron chi connectivity index (χ1n) is 4.78. The maximum atomic E-state index is 5.63. The molecule has 0 spiro atoms. The van der Waals surface area contributed by atoms with Crippen LogP contribution in [0, 0.1) is 0 Å². The molecule has 0 unspecified atom stereocenters. The van der Waals surface area contributed by atoms with Gasteiger partial charge in [0.1, 0.15) is 12.4 Å². The molecule has 5 heteroatoms. The van der Waals surface area contributed by atoms with E-state index < -0.39 is 8.32 Å². The molecule has 4 nitrogen and oxygen atoms in total. The van der Waals surface area contributed by atoms with Gasteiger partial charge in [-0.2, -0.15) is 0 Å². The van der Waals surface area contributed by atoms with Crippen LogP contribution in [-0.2, 0) is 15.8 Å². The highest BCUT2D eigenvalue weighted by molar-refractivity contribution is 6.69. The lowest BCUT2D eigenvalue weighted by Crippen LogP contribution is -2.27. The molecule has 80 valence electrons. The molecule has 1 N–H and O–H groups in total. The van der Waals surface area contributed by atoms with Gasteiger partial charge < -0.3 is 14.1 Å². The minimum Gasteiger partial charge on any atom is -0.415 e. The number of aromatic amines is 1. The standard InChI is InChI=1S/C9H18N2O2Si/c1-14(2,3)13-7-6-12-8-9-10-4-5-11-9/h4-5H,6-8H2,1-3H3,(H,10,11). The van der Waals surface area contributed by atoms with E-state index in [0.29, 0.717) is 19.8 Å². The fourth-order valence-electron chi connectivity index (χ4n) is 0.953. The van der Waals surface area contributed by atoms with Gasteiger partial charge in [-0.3, -0.25) is 0 Å². The number of ether oxygens (including phenoxy) is 1. The second-order valence-corrected chi connectivity index (χ2v) is 8.56. The maximum absolute atomic E-state index is 5.63. The summed E-state index contributed by atoms with van der Waals surface area (Å²) in [5.41, 5.74) is 0. The first kappa shape index (κ1) is 11.4. The van der Waals surface area contributed by atoms with Gasteiger partial charge in [0, 0.05) is 12.4 Å². The lowest BCUT2D eigenvalue weighted by molar-refractivity contribution is 0.0832. The zero-order valence-corrected chi connectivity index (χ0v) is 10.0. The number of imidazole rings is 1. The summed E-state index contributed by atoms with van der Waals surface area (Å²) in [5.74, 6) is 0.859. The van der Waals surface area contributed by atoms with Gasteiger partial charge in [-0.05, 0) is 19.6 Å². The van der Waals surface area contributed by atoms with Gasteiger partial charge >= 0.3 is 0 Å². The van der Waals surface area contributed by atoms with Gasteiger partial charge in [0.2, 0.25) is 0 Å². The van der Waals surface area contributed by atoms with E-state index in [0.717, 1.165) is 5.82 Å². The molecular formula is C9H18N2O2Si.